The van der Waals surface area contributed by atoms with E-state index < -0.39 is 0 Å². The van der Waals surface area contributed by atoms with E-state index in [0.29, 0.717) is 5.41 Å². The molecular weight excluding hydrogens is 250 g/mol. The summed E-state index contributed by atoms with van der Waals surface area (Å²) in [6.45, 7) is 3.28. The Labute approximate surface area is 123 Å². The smallest absolute Gasteiger partial charge is 0.0363 e. The Morgan fingerprint density at radius 3 is 2.16 bits per heavy atom. The molecule has 2 heteroatoms. The first-order valence-electron chi connectivity index (χ1n) is 7.54. The number of hydrogen-bond acceptors (Lipinski definition) is 2. The van der Waals surface area contributed by atoms with Gasteiger partial charge in [0.15, 0.2) is 0 Å². The Hall–Kier alpha value is -0.630. The Morgan fingerprint density at radius 1 is 1.05 bits per heavy atom. The molecule has 0 unspecified atom stereocenters. The van der Waals surface area contributed by atoms with Crippen LogP contribution in [0.1, 0.15) is 44.1 Å². The summed E-state index contributed by atoms with van der Waals surface area (Å²) < 4.78 is 0. The first-order chi connectivity index (χ1) is 9.15. The lowest BCUT2D eigenvalue weighted by molar-refractivity contribution is 0.293. The van der Waals surface area contributed by atoms with Crippen LogP contribution in [0.15, 0.2) is 24.3 Å². The second-order valence-corrected chi connectivity index (χ2v) is 6.58. The Morgan fingerprint density at radius 2 is 1.63 bits per heavy atom. The number of hydrogen-bond donors (Lipinski definition) is 1. The molecule has 0 aliphatic heterocycles. The van der Waals surface area contributed by atoms with Crippen LogP contribution in [0, 0.1) is 12.3 Å². The summed E-state index contributed by atoms with van der Waals surface area (Å²) in [5.74, 6) is 1.02. The van der Waals surface area contributed by atoms with E-state index >= 15 is 0 Å². The monoisotopic (exact) mass is 277 g/mol. The van der Waals surface area contributed by atoms with E-state index in [2.05, 4.69) is 55.8 Å². The lowest BCUT2D eigenvalue weighted by Crippen LogP contribution is -2.37. The van der Waals surface area contributed by atoms with Crippen LogP contribution in [-0.4, -0.2) is 19.3 Å². The van der Waals surface area contributed by atoms with Crippen molar-refractivity contribution >= 4 is 18.3 Å². The van der Waals surface area contributed by atoms with E-state index in [9.17, 15) is 0 Å². The zero-order valence-corrected chi connectivity index (χ0v) is 13.3. The van der Waals surface area contributed by atoms with E-state index in [1.807, 2.05) is 0 Å². The molecule has 1 nitrogen and oxygen atoms in total. The van der Waals surface area contributed by atoms with Crippen LogP contribution >= 0.6 is 12.6 Å². The maximum absolute atomic E-state index is 4.67. The van der Waals surface area contributed by atoms with Crippen molar-refractivity contribution in [2.24, 2.45) is 5.41 Å². The summed E-state index contributed by atoms with van der Waals surface area (Å²) in [6, 6.07) is 8.87. The van der Waals surface area contributed by atoms with Crippen LogP contribution in [0.2, 0.25) is 0 Å². The van der Waals surface area contributed by atoms with Gasteiger partial charge in [0.25, 0.3) is 0 Å². The molecule has 1 aliphatic rings. The van der Waals surface area contributed by atoms with Gasteiger partial charge in [0, 0.05) is 19.3 Å². The fourth-order valence-corrected chi connectivity index (χ4v) is 3.65. The molecular formula is C17H27NS. The predicted molar refractivity (Wildman–Crippen MR) is 88.4 cm³/mol. The third kappa shape index (κ3) is 3.92. The number of rotatable bonds is 4. The summed E-state index contributed by atoms with van der Waals surface area (Å²) in [4.78, 5) is 2.42. The highest BCUT2D eigenvalue weighted by molar-refractivity contribution is 7.80. The first kappa shape index (κ1) is 14.8. The summed E-state index contributed by atoms with van der Waals surface area (Å²) in [5.41, 5.74) is 3.07. The zero-order valence-electron chi connectivity index (χ0n) is 12.4. The van der Waals surface area contributed by atoms with E-state index in [4.69, 9.17) is 0 Å². The highest BCUT2D eigenvalue weighted by atomic mass is 32.1. The molecule has 0 atom stereocenters. The van der Waals surface area contributed by atoms with Crippen molar-refractivity contribution in [2.45, 2.75) is 45.4 Å². The van der Waals surface area contributed by atoms with Gasteiger partial charge in [-0.25, -0.2) is 0 Å². The molecule has 0 saturated heterocycles. The minimum Gasteiger partial charge on any atom is -0.374 e. The number of thiol groups is 1. The first-order valence-corrected chi connectivity index (χ1v) is 8.17. The van der Waals surface area contributed by atoms with Crippen molar-refractivity contribution in [3.05, 3.63) is 29.8 Å². The van der Waals surface area contributed by atoms with E-state index in [1.165, 1.54) is 49.8 Å². The second-order valence-electron chi connectivity index (χ2n) is 6.26. The fraction of sp³-hybridized carbons (Fsp3) is 0.647. The molecule has 106 valence electrons. The number of anilines is 1. The van der Waals surface area contributed by atoms with Crippen molar-refractivity contribution in [3.63, 3.8) is 0 Å². The summed E-state index contributed by atoms with van der Waals surface area (Å²) >= 11 is 4.67. The maximum atomic E-state index is 4.67. The third-order valence-corrected chi connectivity index (χ3v) is 5.22. The van der Waals surface area contributed by atoms with Crippen LogP contribution < -0.4 is 4.90 Å². The zero-order chi connectivity index (χ0) is 13.7. The summed E-state index contributed by atoms with van der Waals surface area (Å²) in [7, 11) is 2.22. The largest absolute Gasteiger partial charge is 0.374 e. The Balaban J connectivity index is 2.06. The van der Waals surface area contributed by atoms with Crippen LogP contribution in [0.4, 0.5) is 5.69 Å². The number of benzene rings is 1. The molecule has 1 aromatic rings. The van der Waals surface area contributed by atoms with Gasteiger partial charge in [-0.2, -0.15) is 12.6 Å². The highest BCUT2D eigenvalue weighted by Crippen LogP contribution is 2.37. The minimum absolute atomic E-state index is 0.416. The van der Waals surface area contributed by atoms with Crippen molar-refractivity contribution < 1.29 is 0 Å². The molecule has 0 radical (unpaired) electrons. The van der Waals surface area contributed by atoms with Crippen LogP contribution in [0.5, 0.6) is 0 Å². The summed E-state index contributed by atoms with van der Waals surface area (Å²) in [6.07, 6.45) is 8.25. The molecule has 2 rings (SSSR count). The van der Waals surface area contributed by atoms with Gasteiger partial charge in [-0.15, -0.1) is 0 Å². The minimum atomic E-state index is 0.416. The molecule has 0 bridgehead atoms. The van der Waals surface area contributed by atoms with Crippen molar-refractivity contribution in [3.8, 4) is 0 Å². The molecule has 1 saturated carbocycles. The van der Waals surface area contributed by atoms with Crippen LogP contribution in [-0.2, 0) is 0 Å². The SMILES string of the molecule is Cc1ccc(N(C)CC2(CS)CCCCCC2)cc1. The summed E-state index contributed by atoms with van der Waals surface area (Å²) in [5, 5.41) is 0. The maximum Gasteiger partial charge on any atom is 0.0363 e. The van der Waals surface area contributed by atoms with Crippen LogP contribution in [0.25, 0.3) is 0 Å². The van der Waals surface area contributed by atoms with Crippen molar-refractivity contribution in [1.82, 2.24) is 0 Å². The average molecular weight is 277 g/mol. The molecule has 1 aromatic carbocycles. The third-order valence-electron chi connectivity index (χ3n) is 4.55. The average Bonchev–Trinajstić information content (AvgIpc) is 2.65. The van der Waals surface area contributed by atoms with Gasteiger partial charge in [-0.3, -0.25) is 0 Å². The van der Waals surface area contributed by atoms with Gasteiger partial charge in [0.1, 0.15) is 0 Å². The Kier molecular flexibility index (Phi) is 5.20. The predicted octanol–water partition coefficient (Wildman–Crippen LogP) is 4.70. The molecule has 1 fully saturated rings. The van der Waals surface area contributed by atoms with Crippen molar-refractivity contribution in [2.75, 3.05) is 24.2 Å². The molecule has 1 aliphatic carbocycles. The molecule has 19 heavy (non-hydrogen) atoms. The fourth-order valence-electron chi connectivity index (χ4n) is 3.24. The van der Waals surface area contributed by atoms with Crippen molar-refractivity contribution in [1.29, 1.82) is 0 Å². The number of nitrogens with zero attached hydrogens (tertiary/aromatic N) is 1. The van der Waals surface area contributed by atoms with Gasteiger partial charge >= 0.3 is 0 Å². The van der Waals surface area contributed by atoms with Gasteiger partial charge in [-0.05, 0) is 43.1 Å². The number of aryl methyl sites for hydroxylation is 1. The van der Waals surface area contributed by atoms with Gasteiger partial charge in [-0.1, -0.05) is 43.4 Å². The standard InChI is InChI=1S/C17H27NS/c1-15-7-9-16(10-8-15)18(2)13-17(14-19)11-5-3-4-6-12-17/h7-10,19H,3-6,11-14H2,1-2H3. The van der Waals surface area contributed by atoms with Gasteiger partial charge in [0.2, 0.25) is 0 Å². The van der Waals surface area contributed by atoms with Gasteiger partial charge in [0.05, 0.1) is 0 Å². The lowest BCUT2D eigenvalue weighted by Gasteiger charge is -2.36. The molecule has 0 N–H and O–H groups in total. The lowest BCUT2D eigenvalue weighted by atomic mass is 9.81. The van der Waals surface area contributed by atoms with Crippen LogP contribution in [0.3, 0.4) is 0 Å². The normalized spacial score (nSPS) is 18.9. The Bertz CT molecular complexity index is 377. The van der Waals surface area contributed by atoms with E-state index in [1.54, 1.807) is 0 Å². The quantitative estimate of drug-likeness (QED) is 0.616. The molecule has 0 amide bonds. The topological polar surface area (TPSA) is 3.24 Å². The molecule has 0 spiro atoms. The molecule has 0 heterocycles. The van der Waals surface area contributed by atoms with E-state index in [-0.39, 0.29) is 0 Å². The molecule has 0 aromatic heterocycles. The van der Waals surface area contributed by atoms with Gasteiger partial charge < -0.3 is 4.90 Å². The highest BCUT2D eigenvalue weighted by Gasteiger charge is 2.30. The second kappa shape index (κ2) is 6.69. The van der Waals surface area contributed by atoms with E-state index in [0.717, 1.165) is 12.3 Å².